The van der Waals surface area contributed by atoms with Gasteiger partial charge in [-0.1, -0.05) is 91.0 Å². The van der Waals surface area contributed by atoms with E-state index < -0.39 is 17.6 Å². The summed E-state index contributed by atoms with van der Waals surface area (Å²) >= 11 is 0. The van der Waals surface area contributed by atoms with Crippen molar-refractivity contribution in [1.82, 2.24) is 4.90 Å². The molecule has 1 heterocycles. The molecule has 0 radical (unpaired) electrons. The van der Waals surface area contributed by atoms with Crippen LogP contribution in [0.15, 0.2) is 109 Å². The third-order valence-corrected chi connectivity index (χ3v) is 7.42. The van der Waals surface area contributed by atoms with Gasteiger partial charge in [0.2, 0.25) is 0 Å². The Hall–Kier alpha value is -3.48. The maximum atomic E-state index is 14.1. The molecule has 1 aliphatic rings. The second kappa shape index (κ2) is 12.1. The molecule has 202 valence electrons. The van der Waals surface area contributed by atoms with Crippen LogP contribution in [-0.4, -0.2) is 24.1 Å². The molecule has 5 rings (SSSR count). The quantitative estimate of drug-likeness (QED) is 0.212. The first kappa shape index (κ1) is 27.1. The molecule has 1 fully saturated rings. The molecule has 39 heavy (non-hydrogen) atoms. The number of likely N-dealkylation sites (tertiary alicyclic amines) is 1. The maximum Gasteiger partial charge on any atom is 0.416 e. The van der Waals surface area contributed by atoms with Crippen molar-refractivity contribution in [3.63, 3.8) is 0 Å². The lowest BCUT2D eigenvalue weighted by Crippen LogP contribution is -2.46. The van der Waals surface area contributed by atoms with Crippen molar-refractivity contribution in [2.75, 3.05) is 13.1 Å². The predicted molar refractivity (Wildman–Crippen MR) is 145 cm³/mol. The number of hydrogen-bond donors (Lipinski definition) is 0. The number of piperidine rings is 1. The van der Waals surface area contributed by atoms with Gasteiger partial charge in [0.1, 0.15) is 5.82 Å². The van der Waals surface area contributed by atoms with Gasteiger partial charge in [-0.3, -0.25) is 4.90 Å². The van der Waals surface area contributed by atoms with Crippen LogP contribution >= 0.6 is 0 Å². The first-order chi connectivity index (χ1) is 18.9. The Morgan fingerprint density at radius 1 is 0.769 bits per heavy atom. The highest BCUT2D eigenvalue weighted by Crippen LogP contribution is 2.39. The third-order valence-electron chi connectivity index (χ3n) is 7.42. The summed E-state index contributed by atoms with van der Waals surface area (Å²) in [6.07, 6.45) is -4.12. The average Bonchev–Trinajstić information content (AvgIpc) is 2.94. The van der Waals surface area contributed by atoms with E-state index in [1.807, 2.05) is 54.6 Å². The zero-order valence-electron chi connectivity index (χ0n) is 21.5. The first-order valence-electron chi connectivity index (χ1n) is 13.2. The van der Waals surface area contributed by atoms with E-state index >= 15 is 0 Å². The Morgan fingerprint density at radius 2 is 1.36 bits per heavy atom. The summed E-state index contributed by atoms with van der Waals surface area (Å²) in [5.41, 5.74) is 2.74. The predicted octanol–water partition coefficient (Wildman–Crippen LogP) is 8.08. The number of halogens is 4. The van der Waals surface area contributed by atoms with Crippen molar-refractivity contribution < 1.29 is 22.3 Å². The lowest BCUT2D eigenvalue weighted by molar-refractivity contribution is -0.137. The molecule has 1 aliphatic heterocycles. The molecule has 0 N–H and O–H groups in total. The van der Waals surface area contributed by atoms with Gasteiger partial charge in [-0.25, -0.2) is 4.39 Å². The van der Waals surface area contributed by atoms with Crippen molar-refractivity contribution in [3.8, 4) is 0 Å². The summed E-state index contributed by atoms with van der Waals surface area (Å²) in [7, 11) is 0. The summed E-state index contributed by atoms with van der Waals surface area (Å²) in [5.74, 6) is -0.860. The van der Waals surface area contributed by atoms with Crippen LogP contribution in [-0.2, 0) is 24.1 Å². The van der Waals surface area contributed by atoms with E-state index in [-0.39, 0.29) is 30.1 Å². The molecule has 2 nitrogen and oxygen atoms in total. The Balaban J connectivity index is 1.45. The topological polar surface area (TPSA) is 12.5 Å². The van der Waals surface area contributed by atoms with Gasteiger partial charge >= 0.3 is 6.18 Å². The van der Waals surface area contributed by atoms with E-state index in [0.717, 1.165) is 49.3 Å². The van der Waals surface area contributed by atoms with E-state index in [1.165, 1.54) is 5.56 Å². The van der Waals surface area contributed by atoms with Crippen LogP contribution in [0.4, 0.5) is 17.6 Å². The van der Waals surface area contributed by atoms with Crippen LogP contribution in [0.5, 0.6) is 0 Å². The standard InChI is InChI=1S/C33H31F4NO/c34-29-19-25(18-28(20-29)33(35,36)37)23-39-31-16-17-38(21-24-10-4-1-5-11-24)22-30(31)32(26-12-6-2-7-13-26)27-14-8-3-9-15-27/h1-15,18-20,30-32H,16-17,21-23H2/t30-,31+/m0/s1. The Kier molecular flexibility index (Phi) is 8.44. The minimum atomic E-state index is -4.62. The minimum Gasteiger partial charge on any atom is -0.373 e. The van der Waals surface area contributed by atoms with Crippen LogP contribution in [0.25, 0.3) is 0 Å². The molecule has 4 aromatic carbocycles. The normalized spacial score (nSPS) is 18.4. The molecular weight excluding hydrogens is 502 g/mol. The lowest BCUT2D eigenvalue weighted by atomic mass is 9.75. The second-order valence-electron chi connectivity index (χ2n) is 10.2. The average molecular weight is 534 g/mol. The highest BCUT2D eigenvalue weighted by molar-refractivity contribution is 5.34. The molecule has 0 spiro atoms. The van der Waals surface area contributed by atoms with E-state index in [9.17, 15) is 17.6 Å². The van der Waals surface area contributed by atoms with Gasteiger partial charge in [0, 0.05) is 31.5 Å². The highest BCUT2D eigenvalue weighted by Gasteiger charge is 2.37. The van der Waals surface area contributed by atoms with E-state index in [2.05, 4.69) is 41.3 Å². The van der Waals surface area contributed by atoms with Crippen molar-refractivity contribution >= 4 is 0 Å². The fraction of sp³-hybridized carbons (Fsp3) is 0.273. The SMILES string of the molecule is Fc1cc(CO[C@@H]2CCN(Cc3ccccc3)C[C@@H]2C(c2ccccc2)c2ccccc2)cc(C(F)(F)F)c1. The van der Waals surface area contributed by atoms with Crippen LogP contribution < -0.4 is 0 Å². The molecule has 0 saturated carbocycles. The fourth-order valence-corrected chi connectivity index (χ4v) is 5.65. The van der Waals surface area contributed by atoms with Crippen molar-refractivity contribution in [2.24, 2.45) is 5.92 Å². The zero-order valence-corrected chi connectivity index (χ0v) is 21.5. The van der Waals surface area contributed by atoms with E-state index in [4.69, 9.17) is 4.74 Å². The molecular formula is C33H31F4NO. The summed E-state index contributed by atoms with van der Waals surface area (Å²) in [5, 5.41) is 0. The van der Waals surface area contributed by atoms with E-state index in [1.54, 1.807) is 0 Å². The van der Waals surface area contributed by atoms with Crippen molar-refractivity contribution in [1.29, 1.82) is 0 Å². The molecule has 0 bridgehead atoms. The fourth-order valence-electron chi connectivity index (χ4n) is 5.65. The molecule has 4 aromatic rings. The van der Waals surface area contributed by atoms with Crippen LogP contribution in [0, 0.1) is 11.7 Å². The highest BCUT2D eigenvalue weighted by atomic mass is 19.4. The number of alkyl halides is 3. The second-order valence-corrected chi connectivity index (χ2v) is 10.2. The molecule has 0 aromatic heterocycles. The summed E-state index contributed by atoms with van der Waals surface area (Å²) < 4.78 is 60.3. The molecule has 0 unspecified atom stereocenters. The van der Waals surface area contributed by atoms with Gasteiger partial charge in [-0.05, 0) is 46.9 Å². The molecule has 0 amide bonds. The Morgan fingerprint density at radius 3 is 1.95 bits per heavy atom. The van der Waals surface area contributed by atoms with Gasteiger partial charge in [0.15, 0.2) is 0 Å². The first-order valence-corrected chi connectivity index (χ1v) is 13.2. The van der Waals surface area contributed by atoms with Gasteiger partial charge in [-0.2, -0.15) is 13.2 Å². The van der Waals surface area contributed by atoms with Crippen LogP contribution in [0.2, 0.25) is 0 Å². The monoisotopic (exact) mass is 533 g/mol. The molecule has 2 atom stereocenters. The van der Waals surface area contributed by atoms with Gasteiger partial charge < -0.3 is 4.74 Å². The number of hydrogen-bond acceptors (Lipinski definition) is 2. The Bertz CT molecular complexity index is 1290. The van der Waals surface area contributed by atoms with Gasteiger partial charge in [-0.15, -0.1) is 0 Å². The van der Waals surface area contributed by atoms with Crippen molar-refractivity contribution in [3.05, 3.63) is 143 Å². The summed E-state index contributed by atoms with van der Waals surface area (Å²) in [6.45, 7) is 2.27. The largest absolute Gasteiger partial charge is 0.416 e. The summed E-state index contributed by atoms with van der Waals surface area (Å²) in [6, 6.07) is 33.5. The van der Waals surface area contributed by atoms with Crippen LogP contribution in [0.3, 0.4) is 0 Å². The molecule has 6 heteroatoms. The molecule has 0 aliphatic carbocycles. The number of nitrogens with zero attached hydrogens (tertiary/aromatic N) is 1. The van der Waals surface area contributed by atoms with Crippen LogP contribution in [0.1, 0.15) is 40.2 Å². The number of rotatable bonds is 8. The van der Waals surface area contributed by atoms with E-state index in [0.29, 0.717) is 6.07 Å². The third kappa shape index (κ3) is 6.94. The number of benzene rings is 4. The maximum absolute atomic E-state index is 14.1. The summed E-state index contributed by atoms with van der Waals surface area (Å²) in [4.78, 5) is 2.42. The van der Waals surface area contributed by atoms with Gasteiger partial charge in [0.25, 0.3) is 0 Å². The lowest BCUT2D eigenvalue weighted by Gasteiger charge is -2.42. The smallest absolute Gasteiger partial charge is 0.373 e. The minimum absolute atomic E-state index is 0.0224. The molecule has 1 saturated heterocycles. The number of ether oxygens (including phenoxy) is 1. The zero-order chi connectivity index (χ0) is 27.2. The van der Waals surface area contributed by atoms with Crippen molar-refractivity contribution in [2.45, 2.75) is 37.8 Å². The Labute approximate surface area is 226 Å². The van der Waals surface area contributed by atoms with Gasteiger partial charge in [0.05, 0.1) is 18.3 Å².